The highest BCUT2D eigenvalue weighted by Gasteiger charge is 2.14. The number of aryl methyl sites for hydroxylation is 2. The largest absolute Gasteiger partial charge is 0.507 e. The van der Waals surface area contributed by atoms with Crippen molar-refractivity contribution in [2.75, 3.05) is 0 Å². The minimum Gasteiger partial charge on any atom is -0.507 e. The summed E-state index contributed by atoms with van der Waals surface area (Å²) in [4.78, 5) is 16.0. The molecule has 0 bridgehead atoms. The number of hydrogen-bond donors (Lipinski definition) is 1. The van der Waals surface area contributed by atoms with Crippen LogP contribution in [0.4, 0.5) is 4.39 Å². The molecule has 2 aromatic heterocycles. The predicted octanol–water partition coefficient (Wildman–Crippen LogP) is 2.67. The van der Waals surface area contributed by atoms with Crippen LogP contribution in [0.25, 0.3) is 5.76 Å². The van der Waals surface area contributed by atoms with Gasteiger partial charge < -0.3 is 9.67 Å². The van der Waals surface area contributed by atoms with Crippen molar-refractivity contribution in [3.05, 3.63) is 77.4 Å². The lowest BCUT2D eigenvalue weighted by Crippen LogP contribution is -2.01. The lowest BCUT2D eigenvalue weighted by molar-refractivity contribution is 0.103. The third-order valence-corrected chi connectivity index (χ3v) is 3.71. The number of aromatic nitrogens is 4. The molecule has 0 saturated heterocycles. The number of rotatable bonds is 5. The smallest absolute Gasteiger partial charge is 0.228 e. The van der Waals surface area contributed by atoms with Crippen LogP contribution in [0.15, 0.2) is 49.1 Å². The van der Waals surface area contributed by atoms with Crippen molar-refractivity contribution in [3.63, 3.8) is 0 Å². The lowest BCUT2D eigenvalue weighted by Gasteiger charge is -2.04. The third-order valence-electron chi connectivity index (χ3n) is 3.71. The predicted molar refractivity (Wildman–Crippen MR) is 90.6 cm³/mol. The van der Waals surface area contributed by atoms with Crippen LogP contribution in [0.1, 0.15) is 27.3 Å². The molecule has 0 radical (unpaired) electrons. The summed E-state index contributed by atoms with van der Waals surface area (Å²) in [6.45, 7) is 0. The normalized spacial score (nSPS) is 11.7. The van der Waals surface area contributed by atoms with Crippen molar-refractivity contribution in [1.82, 2.24) is 19.3 Å². The molecular formula is C18H17FN4O2. The van der Waals surface area contributed by atoms with Gasteiger partial charge in [0.2, 0.25) is 11.6 Å². The second kappa shape index (κ2) is 6.72. The van der Waals surface area contributed by atoms with E-state index in [1.165, 1.54) is 23.1 Å². The standard InChI is InChI=1S/C18H17FN4O2/c1-22-9-13(7-12-3-5-14(19)6-4-12)15(10-22)16(24)8-17(25)18-20-11-23(2)21-18/h3-6,8-11,24H,7H2,1-2H3/b16-8-. The van der Waals surface area contributed by atoms with E-state index >= 15 is 0 Å². The molecule has 0 unspecified atom stereocenters. The minimum absolute atomic E-state index is 0.0186. The molecule has 0 aliphatic heterocycles. The zero-order chi connectivity index (χ0) is 18.0. The Labute approximate surface area is 143 Å². The van der Waals surface area contributed by atoms with Gasteiger partial charge in [-0.25, -0.2) is 9.37 Å². The molecule has 3 aromatic rings. The zero-order valence-corrected chi connectivity index (χ0v) is 13.8. The summed E-state index contributed by atoms with van der Waals surface area (Å²) >= 11 is 0. The van der Waals surface area contributed by atoms with Gasteiger partial charge in [-0.15, -0.1) is 5.10 Å². The Kier molecular flexibility index (Phi) is 4.47. The molecule has 6 nitrogen and oxygen atoms in total. The molecule has 0 fully saturated rings. The first-order valence-electron chi connectivity index (χ1n) is 7.62. The SMILES string of the molecule is Cn1cc(Cc2ccc(F)cc2)c(/C(O)=C/C(=O)c2ncn(C)n2)c1. The molecule has 128 valence electrons. The topological polar surface area (TPSA) is 72.9 Å². The van der Waals surface area contributed by atoms with Crippen molar-refractivity contribution >= 4 is 11.5 Å². The summed E-state index contributed by atoms with van der Waals surface area (Å²) in [7, 11) is 3.48. The fourth-order valence-corrected chi connectivity index (χ4v) is 2.55. The van der Waals surface area contributed by atoms with Gasteiger partial charge in [-0.05, 0) is 29.7 Å². The van der Waals surface area contributed by atoms with Crippen LogP contribution < -0.4 is 0 Å². The Balaban J connectivity index is 1.87. The van der Waals surface area contributed by atoms with E-state index in [1.54, 1.807) is 29.9 Å². The van der Waals surface area contributed by atoms with E-state index in [4.69, 9.17) is 0 Å². The van der Waals surface area contributed by atoms with Gasteiger partial charge in [0.1, 0.15) is 17.9 Å². The summed E-state index contributed by atoms with van der Waals surface area (Å²) in [5, 5.41) is 14.3. The Hall–Kier alpha value is -3.22. The molecule has 0 saturated carbocycles. The summed E-state index contributed by atoms with van der Waals surface area (Å²) in [6, 6.07) is 6.17. The molecule has 3 rings (SSSR count). The van der Waals surface area contributed by atoms with Gasteiger partial charge in [0.05, 0.1) is 0 Å². The molecular weight excluding hydrogens is 323 g/mol. The quantitative estimate of drug-likeness (QED) is 0.440. The number of nitrogens with zero attached hydrogens (tertiary/aromatic N) is 4. The van der Waals surface area contributed by atoms with Crippen LogP contribution in [0.5, 0.6) is 0 Å². The average molecular weight is 340 g/mol. The average Bonchev–Trinajstić information content (AvgIpc) is 3.15. The van der Waals surface area contributed by atoms with Crippen molar-refractivity contribution in [2.24, 2.45) is 14.1 Å². The van der Waals surface area contributed by atoms with E-state index in [0.717, 1.165) is 17.2 Å². The first-order valence-corrected chi connectivity index (χ1v) is 7.62. The second-order valence-electron chi connectivity index (χ2n) is 5.80. The monoisotopic (exact) mass is 340 g/mol. The van der Waals surface area contributed by atoms with Crippen molar-refractivity contribution in [2.45, 2.75) is 6.42 Å². The summed E-state index contributed by atoms with van der Waals surface area (Å²) < 4.78 is 16.2. The first kappa shape index (κ1) is 16.6. The lowest BCUT2D eigenvalue weighted by atomic mass is 10.0. The van der Waals surface area contributed by atoms with Crippen LogP contribution in [-0.4, -0.2) is 30.2 Å². The van der Waals surface area contributed by atoms with E-state index in [1.807, 2.05) is 13.2 Å². The van der Waals surface area contributed by atoms with Gasteiger partial charge in [-0.2, -0.15) is 0 Å². The number of aliphatic hydroxyl groups excluding tert-OH is 1. The molecule has 25 heavy (non-hydrogen) atoms. The van der Waals surface area contributed by atoms with Gasteiger partial charge in [0, 0.05) is 38.1 Å². The molecule has 2 heterocycles. The molecule has 0 aliphatic carbocycles. The Bertz CT molecular complexity index is 938. The van der Waals surface area contributed by atoms with E-state index in [2.05, 4.69) is 10.1 Å². The fraction of sp³-hybridized carbons (Fsp3) is 0.167. The number of ketones is 1. The fourth-order valence-electron chi connectivity index (χ4n) is 2.55. The van der Waals surface area contributed by atoms with E-state index in [9.17, 15) is 14.3 Å². The minimum atomic E-state index is -0.477. The first-order chi connectivity index (χ1) is 11.9. The Morgan fingerprint density at radius 2 is 1.96 bits per heavy atom. The molecule has 1 aromatic carbocycles. The van der Waals surface area contributed by atoms with Gasteiger partial charge in [-0.3, -0.25) is 9.48 Å². The number of carbonyl (C=O) groups is 1. The molecule has 0 atom stereocenters. The van der Waals surface area contributed by atoms with E-state index < -0.39 is 5.78 Å². The number of carbonyl (C=O) groups excluding carboxylic acids is 1. The molecule has 0 aliphatic rings. The maximum atomic E-state index is 13.0. The second-order valence-corrected chi connectivity index (χ2v) is 5.80. The highest BCUT2D eigenvalue weighted by Crippen LogP contribution is 2.22. The van der Waals surface area contributed by atoms with Crippen LogP contribution in [-0.2, 0) is 20.5 Å². The summed E-state index contributed by atoms with van der Waals surface area (Å²) in [6.07, 6.45) is 6.61. The van der Waals surface area contributed by atoms with Crippen molar-refractivity contribution in [3.8, 4) is 0 Å². The molecule has 0 spiro atoms. The van der Waals surface area contributed by atoms with Crippen molar-refractivity contribution in [1.29, 1.82) is 0 Å². The number of hydrogen-bond acceptors (Lipinski definition) is 4. The maximum absolute atomic E-state index is 13.0. The van der Waals surface area contributed by atoms with Crippen LogP contribution in [0.2, 0.25) is 0 Å². The molecule has 1 N–H and O–H groups in total. The van der Waals surface area contributed by atoms with Crippen molar-refractivity contribution < 1.29 is 14.3 Å². The van der Waals surface area contributed by atoms with Crippen LogP contribution >= 0.6 is 0 Å². The summed E-state index contributed by atoms with van der Waals surface area (Å²) in [5.41, 5.74) is 2.26. The van der Waals surface area contributed by atoms with E-state index in [0.29, 0.717) is 12.0 Å². The highest BCUT2D eigenvalue weighted by molar-refractivity contribution is 6.05. The van der Waals surface area contributed by atoms with Gasteiger partial charge >= 0.3 is 0 Å². The molecule has 7 heteroatoms. The zero-order valence-electron chi connectivity index (χ0n) is 13.8. The third kappa shape index (κ3) is 3.82. The van der Waals surface area contributed by atoms with Gasteiger partial charge in [0.25, 0.3) is 0 Å². The van der Waals surface area contributed by atoms with Crippen LogP contribution in [0, 0.1) is 5.82 Å². The highest BCUT2D eigenvalue weighted by atomic mass is 19.1. The number of benzene rings is 1. The number of halogens is 1. The van der Waals surface area contributed by atoms with Gasteiger partial charge in [0.15, 0.2) is 0 Å². The van der Waals surface area contributed by atoms with Crippen LogP contribution in [0.3, 0.4) is 0 Å². The molecule has 0 amide bonds. The Morgan fingerprint density at radius 3 is 2.60 bits per heavy atom. The summed E-state index contributed by atoms with van der Waals surface area (Å²) in [5.74, 6) is -0.914. The van der Waals surface area contributed by atoms with Gasteiger partial charge in [-0.1, -0.05) is 12.1 Å². The Morgan fingerprint density at radius 1 is 1.24 bits per heavy atom. The maximum Gasteiger partial charge on any atom is 0.228 e. The van der Waals surface area contributed by atoms with E-state index in [-0.39, 0.29) is 17.4 Å². The number of aliphatic hydroxyl groups is 1. The number of allylic oxidation sites excluding steroid dienone is 1.